The Kier molecular flexibility index (Phi) is 6.64. The predicted octanol–water partition coefficient (Wildman–Crippen LogP) is 1.47. The van der Waals surface area contributed by atoms with Crippen molar-refractivity contribution >= 4 is 41.2 Å². The second-order valence-electron chi connectivity index (χ2n) is 4.58. The van der Waals surface area contributed by atoms with Crippen LogP contribution in [-0.2, 0) is 6.42 Å². The van der Waals surface area contributed by atoms with Gasteiger partial charge in [0.25, 0.3) is 0 Å². The number of hydrogen-bond acceptors (Lipinski definition) is 3. The van der Waals surface area contributed by atoms with Crippen molar-refractivity contribution in [2.75, 3.05) is 12.3 Å². The molecular formula is C14H18N3PSe2+. The van der Waals surface area contributed by atoms with E-state index in [0.29, 0.717) is 0 Å². The molecule has 1 aliphatic rings. The maximum atomic E-state index is 6.09. The summed E-state index contributed by atoms with van der Waals surface area (Å²) in [6, 6.07) is 4.19. The molecule has 105 valence electrons. The second kappa shape index (κ2) is 8.24. The van der Waals surface area contributed by atoms with Crippen LogP contribution in [0.4, 0.5) is 0 Å². The van der Waals surface area contributed by atoms with E-state index in [1.54, 1.807) is 0 Å². The van der Waals surface area contributed by atoms with Crippen LogP contribution in [0.25, 0.3) is 0 Å². The molecule has 1 aromatic rings. The van der Waals surface area contributed by atoms with Crippen LogP contribution in [0, 0.1) is 0 Å². The Morgan fingerprint density at radius 1 is 1.25 bits per heavy atom. The molecule has 20 heavy (non-hydrogen) atoms. The van der Waals surface area contributed by atoms with Gasteiger partial charge in [0.2, 0.25) is 0 Å². The predicted molar refractivity (Wildman–Crippen MR) is 90.3 cm³/mol. The molecule has 0 spiro atoms. The average Bonchev–Trinajstić information content (AvgIpc) is 2.53. The quantitative estimate of drug-likeness (QED) is 0.540. The number of aryl methyl sites for hydroxylation is 1. The van der Waals surface area contributed by atoms with Crippen molar-refractivity contribution < 1.29 is 0 Å². The van der Waals surface area contributed by atoms with Crippen molar-refractivity contribution in [1.82, 2.24) is 9.98 Å². The van der Waals surface area contributed by atoms with E-state index in [1.807, 2.05) is 24.8 Å². The van der Waals surface area contributed by atoms with Crippen molar-refractivity contribution in [3.8, 4) is 0 Å². The second-order valence-corrected chi connectivity index (χ2v) is 21.0. The molecule has 1 radical (unpaired) electrons. The van der Waals surface area contributed by atoms with Gasteiger partial charge in [-0.15, -0.1) is 0 Å². The van der Waals surface area contributed by atoms with Crippen LogP contribution in [-0.4, -0.2) is 53.8 Å². The zero-order chi connectivity index (χ0) is 14.3. The van der Waals surface area contributed by atoms with E-state index in [0.717, 1.165) is 12.8 Å². The van der Waals surface area contributed by atoms with Crippen molar-refractivity contribution in [1.29, 1.82) is 0 Å². The first-order chi connectivity index (χ1) is 9.72. The van der Waals surface area contributed by atoms with Crippen molar-refractivity contribution in [2.45, 2.75) is 12.8 Å². The fourth-order valence-corrected chi connectivity index (χ4v) is 7.17. The molecule has 3 nitrogen and oxygen atoms in total. The molecule has 6 heteroatoms. The van der Waals surface area contributed by atoms with E-state index in [9.17, 15) is 0 Å². The summed E-state index contributed by atoms with van der Waals surface area (Å²) >= 11 is 3.68. The average molecular weight is 417 g/mol. The molecule has 1 aromatic heterocycles. The monoisotopic (exact) mass is 419 g/mol. The molecule has 0 aromatic carbocycles. The number of nitrogens with zero attached hydrogens (tertiary/aromatic N) is 2. The van der Waals surface area contributed by atoms with Gasteiger partial charge in [0, 0.05) is 0 Å². The summed E-state index contributed by atoms with van der Waals surface area (Å²) in [4.78, 5) is 8.12. The molecule has 0 amide bonds. The number of allylic oxidation sites excluding steroid dienone is 3. The molecule has 0 fully saturated rings. The van der Waals surface area contributed by atoms with Gasteiger partial charge >= 0.3 is 135 Å². The number of pyridine rings is 1. The third kappa shape index (κ3) is 5.25. The number of aliphatic imine (C=N–C) groups is 1. The fraction of sp³-hybridized carbons (Fsp3) is 0.286. The molecule has 0 aliphatic carbocycles. The Morgan fingerprint density at radius 3 is 2.65 bits per heavy atom. The molecule has 2 heterocycles. The fourth-order valence-electron chi connectivity index (χ4n) is 1.92. The first-order valence-electron chi connectivity index (χ1n) is 6.46. The first kappa shape index (κ1) is 16.1. The Morgan fingerprint density at radius 2 is 2.00 bits per heavy atom. The minimum atomic E-state index is -1.11. The number of nitrogens with two attached hydrogens (primary N) is 1. The zero-order valence-corrected chi connectivity index (χ0v) is 15.5. The van der Waals surface area contributed by atoms with Crippen LogP contribution in [0.2, 0.25) is 0 Å². The minimum absolute atomic E-state index is 0.215. The van der Waals surface area contributed by atoms with Crippen LogP contribution in [0.15, 0.2) is 48.5 Å². The van der Waals surface area contributed by atoms with Crippen molar-refractivity contribution in [3.63, 3.8) is 0 Å². The van der Waals surface area contributed by atoms with E-state index in [1.165, 1.54) is 23.5 Å². The molecule has 2 N–H and O–H groups in total. The van der Waals surface area contributed by atoms with Crippen LogP contribution in [0.3, 0.4) is 0 Å². The van der Waals surface area contributed by atoms with Gasteiger partial charge in [-0.1, -0.05) is 0 Å². The topological polar surface area (TPSA) is 53.0 Å². The van der Waals surface area contributed by atoms with Gasteiger partial charge in [0.15, 0.2) is 0 Å². The molecule has 1 unspecified atom stereocenters. The summed E-state index contributed by atoms with van der Waals surface area (Å²) in [6.45, 7) is 0. The normalized spacial score (nSPS) is 16.8. The van der Waals surface area contributed by atoms with Crippen LogP contribution in [0.1, 0.15) is 12.0 Å². The Labute approximate surface area is 135 Å². The Balaban J connectivity index is 1.86. The zero-order valence-electron chi connectivity index (χ0n) is 11.2. The summed E-state index contributed by atoms with van der Waals surface area (Å²) in [5.74, 6) is 0. The first-order valence-corrected chi connectivity index (χ1v) is 14.0. The summed E-state index contributed by atoms with van der Waals surface area (Å²) < 4.78 is 4.98. The van der Waals surface area contributed by atoms with Gasteiger partial charge in [0.05, 0.1) is 0 Å². The van der Waals surface area contributed by atoms with Gasteiger partial charge in [-0.2, -0.15) is 0 Å². The summed E-state index contributed by atoms with van der Waals surface area (Å²) in [7, 11) is 0. The van der Waals surface area contributed by atoms with Gasteiger partial charge in [0.1, 0.15) is 0 Å². The molecule has 1 atom stereocenters. The summed E-state index contributed by atoms with van der Waals surface area (Å²) in [5, 5.41) is 0. The molecule has 1 aliphatic heterocycles. The van der Waals surface area contributed by atoms with Crippen LogP contribution in [0.5, 0.6) is 0 Å². The maximum absolute atomic E-state index is 6.09. The molecule has 0 bridgehead atoms. The van der Waals surface area contributed by atoms with E-state index in [-0.39, 0.29) is 14.7 Å². The van der Waals surface area contributed by atoms with Crippen LogP contribution < -0.4 is 9.74 Å². The van der Waals surface area contributed by atoms with Gasteiger partial charge in [-0.3, -0.25) is 0 Å². The number of rotatable bonds is 7. The Bertz CT molecular complexity index is 516. The standard InChI is InChI=1S/C14H18N3PSe2/c15-20-18(19,11-5-13-1-7-16-8-2-13)12-6-14-3-9-17-10-4-14/h1-4,7-10H,5-6,11-12,15H2/q+1. The van der Waals surface area contributed by atoms with E-state index in [4.69, 9.17) is 4.75 Å². The van der Waals surface area contributed by atoms with Gasteiger partial charge < -0.3 is 0 Å². The van der Waals surface area contributed by atoms with E-state index >= 15 is 0 Å². The summed E-state index contributed by atoms with van der Waals surface area (Å²) in [5.41, 5.74) is 2.71. The molecule has 0 saturated heterocycles. The van der Waals surface area contributed by atoms with E-state index in [2.05, 4.69) is 49.8 Å². The Hall–Kier alpha value is -0.271. The van der Waals surface area contributed by atoms with Gasteiger partial charge in [-0.05, 0) is 0 Å². The van der Waals surface area contributed by atoms with Crippen molar-refractivity contribution in [3.05, 3.63) is 54.0 Å². The SMILES string of the molecule is N[Se][P+]([Se-])(CCC1=CC=[N+]C=C1)CCc1ccncc1. The van der Waals surface area contributed by atoms with E-state index < -0.39 is 4.64 Å². The molecule has 2 rings (SSSR count). The number of hydrogen-bond donors (Lipinski definition) is 1. The third-order valence-corrected chi connectivity index (χ3v) is 15.2. The van der Waals surface area contributed by atoms with Gasteiger partial charge in [-0.25, -0.2) is 0 Å². The van der Waals surface area contributed by atoms with Crippen molar-refractivity contribution in [2.24, 2.45) is 4.75 Å². The third-order valence-electron chi connectivity index (χ3n) is 3.17. The van der Waals surface area contributed by atoms with Crippen LogP contribution >= 0.6 is 4.64 Å². The molecule has 0 saturated carbocycles. The number of aromatic nitrogens is 1. The summed E-state index contributed by atoms with van der Waals surface area (Å²) in [6.07, 6.45) is 16.2. The molecular weight excluding hydrogens is 399 g/mol.